The van der Waals surface area contributed by atoms with Gasteiger partial charge in [-0.1, -0.05) is 334 Å². The van der Waals surface area contributed by atoms with E-state index < -0.39 is 0 Å². The lowest BCUT2D eigenvalue weighted by Crippen LogP contribution is -2.03. The Morgan fingerprint density at radius 2 is 0.570 bits per heavy atom. The molecular weight excluding hydrogens is 1560 g/mol. The van der Waals surface area contributed by atoms with Gasteiger partial charge in [0.05, 0.1) is 33.4 Å². The zero-order valence-electron chi connectivity index (χ0n) is 68.7. The third-order valence-electron chi connectivity index (χ3n) is 26.3. The van der Waals surface area contributed by atoms with Gasteiger partial charge in [-0.2, -0.15) is 0 Å². The van der Waals surface area contributed by atoms with E-state index in [1.807, 2.05) is 6.07 Å². The van der Waals surface area contributed by atoms with E-state index >= 15 is 0 Å². The summed E-state index contributed by atoms with van der Waals surface area (Å²) in [5.74, 6) is 3.58. The molecule has 6 heterocycles. The molecule has 0 aliphatic heterocycles. The Balaban J connectivity index is 0.000000132. The van der Waals surface area contributed by atoms with E-state index in [-0.39, 0.29) is 0 Å². The minimum Gasteiger partial charge on any atom is -0.454 e. The molecular formula is C118H68N8O2. The average molecular weight is 1630 g/mol. The van der Waals surface area contributed by atoms with Crippen LogP contribution in [0.3, 0.4) is 0 Å². The van der Waals surface area contributed by atoms with Gasteiger partial charge in [-0.05, 0) is 176 Å². The molecule has 0 aliphatic carbocycles. The predicted octanol–water partition coefficient (Wildman–Crippen LogP) is 31.3. The van der Waals surface area contributed by atoms with Gasteiger partial charge < -0.3 is 18.0 Å². The molecule has 0 fully saturated rings. The summed E-state index contributed by atoms with van der Waals surface area (Å²) in [4.78, 5) is 32.3. The highest BCUT2D eigenvalue weighted by Crippen LogP contribution is 2.51. The summed E-state index contributed by atoms with van der Waals surface area (Å²) < 4.78 is 19.2. The number of hydrogen-bond acceptors (Lipinski definition) is 8. The molecule has 0 atom stereocenters. The summed E-state index contributed by atoms with van der Waals surface area (Å²) in [5, 5.41) is 31.7. The van der Waals surface area contributed by atoms with Gasteiger partial charge in [0.15, 0.2) is 46.1 Å². The Kier molecular flexibility index (Phi) is 15.6. The molecule has 0 amide bonds. The quantitative estimate of drug-likeness (QED) is 0.138. The van der Waals surface area contributed by atoms with Crippen molar-refractivity contribution in [1.82, 2.24) is 39.0 Å². The lowest BCUT2D eigenvalue weighted by molar-refractivity contribution is 0.667. The molecule has 0 spiro atoms. The minimum atomic E-state index is 0.576. The summed E-state index contributed by atoms with van der Waals surface area (Å²) in [6.45, 7) is 0. The van der Waals surface area contributed by atoms with Crippen LogP contribution in [-0.2, 0) is 0 Å². The molecule has 22 aromatic carbocycles. The number of fused-ring (bicyclic) bond motifs is 25. The molecule has 0 N–H and O–H groups in total. The third kappa shape index (κ3) is 11.1. The molecule has 0 unspecified atom stereocenters. The molecule has 6 aromatic heterocycles. The highest BCUT2D eigenvalue weighted by molar-refractivity contribution is 6.27. The molecule has 128 heavy (non-hydrogen) atoms. The van der Waals surface area contributed by atoms with Gasteiger partial charge in [0.1, 0.15) is 11.2 Å². The van der Waals surface area contributed by atoms with E-state index in [4.69, 9.17) is 38.7 Å². The Hall–Kier alpha value is -17.3. The van der Waals surface area contributed by atoms with Gasteiger partial charge in [0, 0.05) is 87.2 Å². The number of furan rings is 2. The normalized spacial score (nSPS) is 12.1. The number of para-hydroxylation sites is 3. The maximum Gasteiger partial charge on any atom is 0.165 e. The van der Waals surface area contributed by atoms with E-state index in [1.54, 1.807) is 0 Å². The van der Waals surface area contributed by atoms with Gasteiger partial charge >= 0.3 is 0 Å². The maximum absolute atomic E-state index is 7.24. The van der Waals surface area contributed by atoms with E-state index in [1.165, 1.54) is 75.4 Å². The van der Waals surface area contributed by atoms with Crippen molar-refractivity contribution in [3.63, 3.8) is 0 Å². The highest BCUT2D eigenvalue weighted by atomic mass is 16.3. The Bertz CT molecular complexity index is 9650. The Labute approximate surface area is 730 Å². The van der Waals surface area contributed by atoms with Gasteiger partial charge in [-0.15, -0.1) is 0 Å². The first kappa shape index (κ1) is 71.3. The van der Waals surface area contributed by atoms with Crippen LogP contribution < -0.4 is 0 Å². The van der Waals surface area contributed by atoms with Crippen LogP contribution >= 0.6 is 0 Å². The smallest absolute Gasteiger partial charge is 0.165 e. The zero-order valence-corrected chi connectivity index (χ0v) is 68.7. The van der Waals surface area contributed by atoms with Crippen LogP contribution in [0.1, 0.15) is 0 Å². The van der Waals surface area contributed by atoms with Crippen LogP contribution in [0.15, 0.2) is 421 Å². The summed E-state index contributed by atoms with van der Waals surface area (Å²) >= 11 is 0. The average Bonchev–Trinajstić information content (AvgIpc) is 1.58. The van der Waals surface area contributed by atoms with E-state index in [9.17, 15) is 0 Å². The third-order valence-corrected chi connectivity index (χ3v) is 26.3. The van der Waals surface area contributed by atoms with E-state index in [0.717, 1.165) is 165 Å². The minimum absolute atomic E-state index is 0.576. The molecule has 0 aliphatic rings. The molecule has 0 bridgehead atoms. The van der Waals surface area contributed by atoms with E-state index in [0.29, 0.717) is 34.9 Å². The fraction of sp³-hybridized carbons (Fsp3) is 0. The standard InChI is InChI=1S/2C59H34N4O/c1-2-17-38-34-51-49(33-37(38)16-1)44-21-9-11-26-50(44)63(51)55-46-23-8-7-22-45(46)54(53-48-24-10-12-27-52(48)64-56(53)55)59-61-57(60-58(62-59)47-25-13-18-35-14-3-6-20-42(35)47)40-30-31-43-39(32-40)29-28-36-15-4-5-19-41(36)43;1-2-14-38-31-42(24-21-35(38)11-1)57-60-58(43-26-27-45-41(32-43)23-22-36-12-5-7-17-44(36)45)62-59(61-57)49-29-30-52(56-54(49)48-28-25-37-13-6-8-18-46(37)55(48)64-56)63-51-20-10-9-19-47(51)50-33-39-15-3-4-16-40(39)34-53(50)63/h2*1-34H. The van der Waals surface area contributed by atoms with Crippen molar-refractivity contribution < 1.29 is 8.83 Å². The number of aromatic nitrogens is 8. The van der Waals surface area contributed by atoms with Crippen LogP contribution in [0.25, 0.3) is 275 Å². The molecule has 28 aromatic rings. The van der Waals surface area contributed by atoms with Crippen LogP contribution in [0.5, 0.6) is 0 Å². The zero-order chi connectivity index (χ0) is 83.8. The molecule has 0 radical (unpaired) electrons. The molecule has 0 saturated carbocycles. The largest absolute Gasteiger partial charge is 0.454 e. The molecule has 10 nitrogen and oxygen atoms in total. The van der Waals surface area contributed by atoms with E-state index in [2.05, 4.69) is 416 Å². The summed E-state index contributed by atoms with van der Waals surface area (Å²) in [5.41, 5.74) is 15.0. The second-order valence-electron chi connectivity index (χ2n) is 33.5. The second-order valence-corrected chi connectivity index (χ2v) is 33.5. The number of nitrogens with zero attached hydrogens (tertiary/aromatic N) is 8. The maximum atomic E-state index is 7.24. The van der Waals surface area contributed by atoms with Crippen LogP contribution in [-0.4, -0.2) is 39.0 Å². The van der Waals surface area contributed by atoms with Crippen molar-refractivity contribution in [2.24, 2.45) is 0 Å². The van der Waals surface area contributed by atoms with Gasteiger partial charge in [-0.3, -0.25) is 0 Å². The molecule has 0 saturated heterocycles. The molecule has 28 rings (SSSR count). The second kappa shape index (κ2) is 28.1. The monoisotopic (exact) mass is 1630 g/mol. The lowest BCUT2D eigenvalue weighted by Gasteiger charge is -2.17. The van der Waals surface area contributed by atoms with Gasteiger partial charge in [-0.25, -0.2) is 29.9 Å². The fourth-order valence-corrected chi connectivity index (χ4v) is 20.4. The van der Waals surface area contributed by atoms with Crippen LogP contribution in [0.4, 0.5) is 0 Å². The SMILES string of the molecule is c1ccc2cc(-c3nc(-c4ccc5c(ccc6ccccc65)c4)nc(-c4ccc(-n5c6ccccc6c6cc7ccccc7cc65)c5oc6c7ccccc7ccc6c45)n3)ccc2c1.c1ccc2cc3c(cc2c1)c1ccccc1n3-c1c2ccccc2c(-c2nc(-c3ccc4c(ccc5ccccc54)c3)nc(-c3cccc4ccccc34)n2)c2c1oc1ccccc12. The fourth-order valence-electron chi connectivity index (χ4n) is 20.4. The first-order valence-electron chi connectivity index (χ1n) is 43.4. The number of rotatable bonds is 8. The first-order valence-corrected chi connectivity index (χ1v) is 43.4. The Morgan fingerprint density at radius 1 is 0.180 bits per heavy atom. The first-order chi connectivity index (χ1) is 63.4. The van der Waals surface area contributed by atoms with Crippen molar-refractivity contribution in [2.75, 3.05) is 0 Å². The molecule has 592 valence electrons. The lowest BCUT2D eigenvalue weighted by atomic mass is 9.95. The number of benzene rings is 22. The van der Waals surface area contributed by atoms with Crippen LogP contribution in [0, 0.1) is 0 Å². The topological polar surface area (TPSA) is 113 Å². The van der Waals surface area contributed by atoms with Gasteiger partial charge in [0.25, 0.3) is 0 Å². The number of hydrogen-bond donors (Lipinski definition) is 0. The summed E-state index contributed by atoms with van der Waals surface area (Å²) in [7, 11) is 0. The van der Waals surface area contributed by atoms with Crippen molar-refractivity contribution in [3.05, 3.63) is 413 Å². The van der Waals surface area contributed by atoms with Crippen molar-refractivity contribution in [3.8, 4) is 79.7 Å². The van der Waals surface area contributed by atoms with Crippen molar-refractivity contribution in [1.29, 1.82) is 0 Å². The summed E-state index contributed by atoms with van der Waals surface area (Å²) in [6, 6.07) is 147. The van der Waals surface area contributed by atoms with Crippen molar-refractivity contribution in [2.45, 2.75) is 0 Å². The molecule has 10 heteroatoms. The van der Waals surface area contributed by atoms with Crippen LogP contribution in [0.2, 0.25) is 0 Å². The van der Waals surface area contributed by atoms with Gasteiger partial charge in [0.2, 0.25) is 0 Å². The predicted molar refractivity (Wildman–Crippen MR) is 531 cm³/mol. The summed E-state index contributed by atoms with van der Waals surface area (Å²) in [6.07, 6.45) is 0. The highest BCUT2D eigenvalue weighted by Gasteiger charge is 2.30. The Morgan fingerprint density at radius 3 is 1.19 bits per heavy atom. The van der Waals surface area contributed by atoms with Crippen molar-refractivity contribution >= 4 is 195 Å².